The molecule has 176 valence electrons. The van der Waals surface area contributed by atoms with Gasteiger partial charge in [0.15, 0.2) is 0 Å². The van der Waals surface area contributed by atoms with Crippen LogP contribution in [0.2, 0.25) is 0 Å². The monoisotopic (exact) mass is 440 g/mol. The minimum absolute atomic E-state index is 0.0390. The summed E-state index contributed by atoms with van der Waals surface area (Å²) in [4.78, 5) is 44.3. The topological polar surface area (TPSA) is 101 Å². The van der Waals surface area contributed by atoms with Crippen LogP contribution in [0.5, 0.6) is 0 Å². The van der Waals surface area contributed by atoms with Crippen LogP contribution in [0, 0.1) is 0 Å². The number of carbonyl (C=O) groups excluding carboxylic acids is 3. The number of nitrogens with one attached hydrogen (secondary N) is 1. The number of hydrogen-bond acceptors (Lipinski definition) is 7. The van der Waals surface area contributed by atoms with Crippen molar-refractivity contribution in [2.45, 2.75) is 51.3 Å². The van der Waals surface area contributed by atoms with Crippen LogP contribution in [-0.4, -0.2) is 116 Å². The van der Waals surface area contributed by atoms with E-state index in [4.69, 9.17) is 14.2 Å². The molecular weight excluding hydrogens is 404 g/mol. The lowest BCUT2D eigenvalue weighted by atomic mass is 10.1. The lowest BCUT2D eigenvalue weighted by Gasteiger charge is -2.36. The van der Waals surface area contributed by atoms with E-state index in [1.807, 2.05) is 0 Å². The van der Waals surface area contributed by atoms with E-state index in [0.29, 0.717) is 58.9 Å². The second-order valence-corrected chi connectivity index (χ2v) is 9.22. The van der Waals surface area contributed by atoms with Gasteiger partial charge in [-0.25, -0.2) is 4.79 Å². The first kappa shape index (κ1) is 23.7. The van der Waals surface area contributed by atoms with Gasteiger partial charge in [-0.2, -0.15) is 0 Å². The number of ether oxygens (including phenoxy) is 3. The molecule has 3 amide bonds. The average molecular weight is 441 g/mol. The third kappa shape index (κ3) is 6.78. The molecule has 0 aromatic heterocycles. The molecule has 3 fully saturated rings. The van der Waals surface area contributed by atoms with Crippen molar-refractivity contribution in [1.82, 2.24) is 20.0 Å². The highest BCUT2D eigenvalue weighted by molar-refractivity contribution is 5.92. The van der Waals surface area contributed by atoms with E-state index < -0.39 is 23.8 Å². The molecule has 0 unspecified atom stereocenters. The zero-order chi connectivity index (χ0) is 22.4. The Kier molecular flexibility index (Phi) is 8.12. The summed E-state index contributed by atoms with van der Waals surface area (Å²) in [7, 11) is 0. The summed E-state index contributed by atoms with van der Waals surface area (Å²) in [6.45, 7) is 11.6. The lowest BCUT2D eigenvalue weighted by Crippen LogP contribution is -2.55. The number of likely N-dealkylation sites (tertiary alicyclic amines) is 1. The molecule has 0 aliphatic carbocycles. The third-order valence-electron chi connectivity index (χ3n) is 5.74. The molecule has 3 aliphatic heterocycles. The number of hydrogen-bond donors (Lipinski definition) is 1. The fourth-order valence-electron chi connectivity index (χ4n) is 4.13. The summed E-state index contributed by atoms with van der Waals surface area (Å²) in [5, 5.41) is 2.67. The maximum Gasteiger partial charge on any atom is 0.408 e. The molecule has 0 bridgehead atoms. The van der Waals surface area contributed by atoms with Crippen LogP contribution in [-0.2, 0) is 23.8 Å². The fraction of sp³-hybridized carbons (Fsp3) is 0.857. The molecule has 0 aromatic rings. The van der Waals surface area contributed by atoms with E-state index in [1.54, 1.807) is 30.6 Å². The van der Waals surface area contributed by atoms with E-state index in [-0.39, 0.29) is 11.8 Å². The fourth-order valence-corrected chi connectivity index (χ4v) is 4.13. The molecule has 10 nitrogen and oxygen atoms in total. The molecule has 0 saturated carbocycles. The Balaban J connectivity index is 1.64. The van der Waals surface area contributed by atoms with Gasteiger partial charge in [-0.3, -0.25) is 14.5 Å². The number of rotatable bonds is 6. The standard InChI is InChI=1S/C21H36N4O6/c1-21(2,3)31-20(28)22-16-4-7-25(18(16)26)17(5-6-23-8-12-29-13-9-23)19(27)24-10-14-30-15-11-24/h16-17H,4-15H2,1-3H3,(H,22,28)/t16-,17-/m0/s1. The van der Waals surface area contributed by atoms with Gasteiger partial charge in [0.25, 0.3) is 0 Å². The molecule has 3 aliphatic rings. The van der Waals surface area contributed by atoms with Gasteiger partial charge in [0.1, 0.15) is 17.7 Å². The first-order valence-electron chi connectivity index (χ1n) is 11.2. The van der Waals surface area contributed by atoms with Crippen molar-refractivity contribution in [2.24, 2.45) is 0 Å². The molecule has 0 spiro atoms. The predicted molar refractivity (Wildman–Crippen MR) is 113 cm³/mol. The SMILES string of the molecule is CC(C)(C)OC(=O)N[C@H]1CCN([C@@H](CCN2CCOCC2)C(=O)N2CCOCC2)C1=O. The highest BCUT2D eigenvalue weighted by Crippen LogP contribution is 2.20. The van der Waals surface area contributed by atoms with Gasteiger partial charge in [-0.15, -0.1) is 0 Å². The summed E-state index contributed by atoms with van der Waals surface area (Å²) in [5.41, 5.74) is -0.640. The van der Waals surface area contributed by atoms with Crippen molar-refractivity contribution in [3.05, 3.63) is 0 Å². The lowest BCUT2D eigenvalue weighted by molar-refractivity contribution is -0.147. The van der Waals surface area contributed by atoms with E-state index in [9.17, 15) is 14.4 Å². The van der Waals surface area contributed by atoms with Gasteiger partial charge < -0.3 is 29.3 Å². The Morgan fingerprint density at radius 3 is 2.29 bits per heavy atom. The Morgan fingerprint density at radius 2 is 1.68 bits per heavy atom. The highest BCUT2D eigenvalue weighted by Gasteiger charge is 2.41. The minimum atomic E-state index is -0.668. The molecular formula is C21H36N4O6. The number of carbonyl (C=O) groups is 3. The summed E-state index contributed by atoms with van der Waals surface area (Å²) >= 11 is 0. The summed E-state index contributed by atoms with van der Waals surface area (Å²) in [6.07, 6.45) is 0.404. The van der Waals surface area contributed by atoms with E-state index >= 15 is 0 Å². The van der Waals surface area contributed by atoms with Crippen molar-refractivity contribution in [1.29, 1.82) is 0 Å². The van der Waals surface area contributed by atoms with Crippen LogP contribution < -0.4 is 5.32 Å². The molecule has 0 aromatic carbocycles. The molecule has 31 heavy (non-hydrogen) atoms. The maximum atomic E-state index is 13.3. The second-order valence-electron chi connectivity index (χ2n) is 9.22. The molecule has 1 N–H and O–H groups in total. The normalized spacial score (nSPS) is 24.2. The third-order valence-corrected chi connectivity index (χ3v) is 5.74. The van der Waals surface area contributed by atoms with Crippen LogP contribution in [0.25, 0.3) is 0 Å². The van der Waals surface area contributed by atoms with Crippen LogP contribution >= 0.6 is 0 Å². The van der Waals surface area contributed by atoms with Crippen molar-refractivity contribution in [3.63, 3.8) is 0 Å². The van der Waals surface area contributed by atoms with Gasteiger partial charge in [0, 0.05) is 39.3 Å². The molecule has 10 heteroatoms. The average Bonchev–Trinajstić information content (AvgIpc) is 3.08. The van der Waals surface area contributed by atoms with Crippen molar-refractivity contribution < 1.29 is 28.6 Å². The summed E-state index contributed by atoms with van der Waals surface area (Å²) < 4.78 is 16.1. The van der Waals surface area contributed by atoms with Gasteiger partial charge in [0.05, 0.1) is 26.4 Å². The Hall–Kier alpha value is -1.91. The van der Waals surface area contributed by atoms with Crippen molar-refractivity contribution >= 4 is 17.9 Å². The number of alkyl carbamates (subject to hydrolysis) is 1. The number of amides is 3. The summed E-state index contributed by atoms with van der Waals surface area (Å²) in [5.74, 6) is -0.262. The predicted octanol–water partition coefficient (Wildman–Crippen LogP) is 0.0617. The quantitative estimate of drug-likeness (QED) is 0.623. The zero-order valence-electron chi connectivity index (χ0n) is 18.9. The molecule has 3 heterocycles. The van der Waals surface area contributed by atoms with Crippen LogP contribution in [0.1, 0.15) is 33.6 Å². The molecule has 3 saturated heterocycles. The van der Waals surface area contributed by atoms with Crippen molar-refractivity contribution in [3.8, 4) is 0 Å². The summed E-state index contributed by atoms with van der Waals surface area (Å²) in [6, 6.07) is -1.21. The molecule has 2 atom stereocenters. The maximum absolute atomic E-state index is 13.3. The van der Waals surface area contributed by atoms with Crippen molar-refractivity contribution in [2.75, 3.05) is 65.7 Å². The van der Waals surface area contributed by atoms with E-state index in [1.165, 1.54) is 0 Å². The van der Waals surface area contributed by atoms with Gasteiger partial charge in [-0.05, 0) is 33.6 Å². The second kappa shape index (κ2) is 10.6. The number of nitrogens with zero attached hydrogens (tertiary/aromatic N) is 3. The minimum Gasteiger partial charge on any atom is -0.444 e. The first-order valence-corrected chi connectivity index (χ1v) is 11.2. The van der Waals surface area contributed by atoms with Crippen LogP contribution in [0.15, 0.2) is 0 Å². The van der Waals surface area contributed by atoms with Gasteiger partial charge in [-0.1, -0.05) is 0 Å². The molecule has 3 rings (SSSR count). The van der Waals surface area contributed by atoms with Crippen LogP contribution in [0.4, 0.5) is 4.79 Å². The molecule has 0 radical (unpaired) electrons. The van der Waals surface area contributed by atoms with Gasteiger partial charge in [0.2, 0.25) is 11.8 Å². The van der Waals surface area contributed by atoms with Gasteiger partial charge >= 0.3 is 6.09 Å². The van der Waals surface area contributed by atoms with E-state index in [0.717, 1.165) is 19.6 Å². The van der Waals surface area contributed by atoms with Crippen LogP contribution in [0.3, 0.4) is 0 Å². The zero-order valence-corrected chi connectivity index (χ0v) is 18.9. The number of morpholine rings is 2. The Bertz CT molecular complexity index is 640. The Labute approximate surface area is 184 Å². The largest absolute Gasteiger partial charge is 0.444 e. The first-order chi connectivity index (χ1) is 14.7. The highest BCUT2D eigenvalue weighted by atomic mass is 16.6. The smallest absolute Gasteiger partial charge is 0.408 e. The Morgan fingerprint density at radius 1 is 1.06 bits per heavy atom. The van der Waals surface area contributed by atoms with E-state index in [2.05, 4.69) is 10.2 Å².